The number of aromatic hydroxyl groups is 3. The highest BCUT2D eigenvalue weighted by atomic mass is 16.6. The number of aliphatic hydroxyl groups is 1. The van der Waals surface area contributed by atoms with Crippen molar-refractivity contribution in [1.82, 2.24) is 15.2 Å². The summed E-state index contributed by atoms with van der Waals surface area (Å²) in [5.41, 5.74) is 0.898. The molecule has 2 fully saturated rings. The number of ether oxygens (including phenoxy) is 1. The molecule has 46 heavy (non-hydrogen) atoms. The van der Waals surface area contributed by atoms with Crippen LogP contribution in [0.25, 0.3) is 10.9 Å². The number of hydrogen-bond acceptors (Lipinski definition) is 8. The van der Waals surface area contributed by atoms with Gasteiger partial charge < -0.3 is 40.4 Å². The first-order chi connectivity index (χ1) is 21.7. The van der Waals surface area contributed by atoms with Crippen LogP contribution in [0.2, 0.25) is 0 Å². The van der Waals surface area contributed by atoms with Crippen molar-refractivity contribution in [3.8, 4) is 17.2 Å². The first-order valence-corrected chi connectivity index (χ1v) is 16.1. The third-order valence-corrected chi connectivity index (χ3v) is 10.5. The number of carbonyl (C=O) groups is 3. The zero-order valence-electron chi connectivity index (χ0n) is 26.9. The van der Waals surface area contributed by atoms with Gasteiger partial charge in [0.15, 0.2) is 11.5 Å². The molecule has 2 heterocycles. The number of phenols is 3. The highest BCUT2D eigenvalue weighted by Crippen LogP contribution is 2.53. The standard InChI is InChI=1S/C35H45N3O8/c1-5-22-12-13-35(4,34(22,2)3)46-33(45)27-7-6-14-38(27)32(44)26(17-21-19-36-25-10-9-23(39)18-24(21)25)37-31(43)30(42)16-20-8-11-28(40)29(41)15-20/h8-11,15,18-19,22,26-27,30,36,39-42H,5-7,12-14,16-17H2,1-4H3,(H,37,43)/t22-,26?,27?,30?,35?/m1/s1. The molecule has 6 N–H and O–H groups in total. The summed E-state index contributed by atoms with van der Waals surface area (Å²) in [4.78, 5) is 45.9. The van der Waals surface area contributed by atoms with Gasteiger partial charge in [-0.15, -0.1) is 0 Å². The zero-order chi connectivity index (χ0) is 33.4. The maximum atomic E-state index is 14.2. The molecule has 2 amide bonds. The maximum absolute atomic E-state index is 14.2. The summed E-state index contributed by atoms with van der Waals surface area (Å²) < 4.78 is 6.24. The molecule has 2 aliphatic rings. The second kappa shape index (κ2) is 12.9. The van der Waals surface area contributed by atoms with Crippen LogP contribution in [-0.4, -0.2) is 78.4 Å². The molecule has 1 saturated carbocycles. The molecule has 1 aliphatic carbocycles. The number of fused-ring (bicyclic) bond motifs is 1. The third-order valence-electron chi connectivity index (χ3n) is 10.5. The van der Waals surface area contributed by atoms with Crippen LogP contribution < -0.4 is 5.32 Å². The molecule has 248 valence electrons. The van der Waals surface area contributed by atoms with E-state index in [1.807, 2.05) is 6.92 Å². The van der Waals surface area contributed by atoms with E-state index >= 15 is 0 Å². The number of aromatic amines is 1. The number of rotatable bonds is 10. The molecule has 1 aromatic heterocycles. The quantitative estimate of drug-likeness (QED) is 0.143. The smallest absolute Gasteiger partial charge is 0.329 e. The Morgan fingerprint density at radius 1 is 1.04 bits per heavy atom. The van der Waals surface area contributed by atoms with Gasteiger partial charge in [0.1, 0.15) is 29.5 Å². The molecule has 0 radical (unpaired) electrons. The summed E-state index contributed by atoms with van der Waals surface area (Å²) in [6.07, 6.45) is 3.71. The topological polar surface area (TPSA) is 172 Å². The summed E-state index contributed by atoms with van der Waals surface area (Å²) >= 11 is 0. The third kappa shape index (κ3) is 6.38. The van der Waals surface area contributed by atoms with Crippen molar-refractivity contribution in [3.63, 3.8) is 0 Å². The fourth-order valence-corrected chi connectivity index (χ4v) is 7.26. The van der Waals surface area contributed by atoms with Crippen LogP contribution in [-0.2, 0) is 32.0 Å². The molecule has 5 atom stereocenters. The largest absolute Gasteiger partial charge is 0.508 e. The number of esters is 1. The summed E-state index contributed by atoms with van der Waals surface area (Å²) in [6, 6.07) is 6.85. The number of nitrogens with zero attached hydrogens (tertiary/aromatic N) is 1. The molecular formula is C35H45N3O8. The van der Waals surface area contributed by atoms with Gasteiger partial charge in [-0.3, -0.25) is 9.59 Å². The lowest BCUT2D eigenvalue weighted by Gasteiger charge is -2.42. The molecule has 1 saturated heterocycles. The van der Waals surface area contributed by atoms with Gasteiger partial charge in [-0.1, -0.05) is 33.3 Å². The minimum atomic E-state index is -1.57. The summed E-state index contributed by atoms with van der Waals surface area (Å²) in [7, 11) is 0. The number of benzene rings is 2. The number of H-pyrrole nitrogens is 1. The molecule has 3 aromatic rings. The number of phenolic OH excluding ortho intramolecular Hbond substituents is 3. The van der Waals surface area contributed by atoms with Crippen molar-refractivity contribution in [1.29, 1.82) is 0 Å². The Labute approximate surface area is 268 Å². The second-order valence-corrected chi connectivity index (χ2v) is 13.6. The Bertz CT molecular complexity index is 1620. The summed E-state index contributed by atoms with van der Waals surface area (Å²) in [6.45, 7) is 8.70. The molecule has 0 bridgehead atoms. The lowest BCUT2D eigenvalue weighted by Crippen LogP contribution is -2.55. The number of aromatic nitrogens is 1. The number of carbonyl (C=O) groups excluding carboxylic acids is 3. The normalized spacial score (nSPS) is 23.7. The molecule has 2 aromatic carbocycles. The van der Waals surface area contributed by atoms with Gasteiger partial charge >= 0.3 is 5.97 Å². The van der Waals surface area contributed by atoms with Crippen molar-refractivity contribution in [3.05, 3.63) is 53.7 Å². The van der Waals surface area contributed by atoms with Gasteiger partial charge in [0.25, 0.3) is 0 Å². The van der Waals surface area contributed by atoms with Gasteiger partial charge in [-0.2, -0.15) is 0 Å². The molecule has 0 spiro atoms. The lowest BCUT2D eigenvalue weighted by atomic mass is 9.72. The van der Waals surface area contributed by atoms with Crippen molar-refractivity contribution in [2.45, 2.75) is 96.4 Å². The average molecular weight is 636 g/mol. The Morgan fingerprint density at radius 3 is 2.50 bits per heavy atom. The van der Waals surface area contributed by atoms with Crippen LogP contribution in [0.1, 0.15) is 70.9 Å². The van der Waals surface area contributed by atoms with Crippen molar-refractivity contribution in [2.75, 3.05) is 6.54 Å². The number of hydrogen-bond donors (Lipinski definition) is 6. The van der Waals surface area contributed by atoms with E-state index in [2.05, 4.69) is 31.1 Å². The van der Waals surface area contributed by atoms with Gasteiger partial charge in [-0.05, 0) is 80.0 Å². The fourth-order valence-electron chi connectivity index (χ4n) is 7.26. The number of likely N-dealkylation sites (tertiary alicyclic amines) is 1. The van der Waals surface area contributed by atoms with Crippen LogP contribution >= 0.6 is 0 Å². The van der Waals surface area contributed by atoms with Crippen LogP contribution in [0, 0.1) is 11.3 Å². The zero-order valence-corrected chi connectivity index (χ0v) is 26.9. The van der Waals surface area contributed by atoms with Crippen molar-refractivity contribution >= 4 is 28.7 Å². The summed E-state index contributed by atoms with van der Waals surface area (Å²) in [5, 5.41) is 43.7. The van der Waals surface area contributed by atoms with E-state index in [1.54, 1.807) is 24.4 Å². The number of aliphatic hydroxyl groups excluding tert-OH is 1. The lowest BCUT2D eigenvalue weighted by molar-refractivity contribution is -0.176. The molecule has 11 nitrogen and oxygen atoms in total. The fraction of sp³-hybridized carbons (Fsp3) is 0.514. The van der Waals surface area contributed by atoms with E-state index < -0.39 is 41.6 Å². The Balaban J connectivity index is 1.37. The predicted octanol–water partition coefficient (Wildman–Crippen LogP) is 4.05. The van der Waals surface area contributed by atoms with Crippen LogP contribution in [0.4, 0.5) is 0 Å². The highest BCUT2D eigenvalue weighted by molar-refractivity contribution is 5.93. The second-order valence-electron chi connectivity index (χ2n) is 13.6. The Hall–Kier alpha value is -4.25. The van der Waals surface area contributed by atoms with E-state index in [9.17, 15) is 34.8 Å². The number of nitrogens with one attached hydrogen (secondary N) is 2. The molecular weight excluding hydrogens is 590 g/mol. The van der Waals surface area contributed by atoms with E-state index in [0.717, 1.165) is 24.8 Å². The highest BCUT2D eigenvalue weighted by Gasteiger charge is 2.54. The van der Waals surface area contributed by atoms with Crippen molar-refractivity contribution < 1.29 is 39.5 Å². The first kappa shape index (κ1) is 33.1. The molecule has 1 aliphatic heterocycles. The molecule has 5 rings (SSSR count). The van der Waals surface area contributed by atoms with Gasteiger partial charge in [0, 0.05) is 41.9 Å². The molecule has 4 unspecified atom stereocenters. The van der Waals surface area contributed by atoms with Gasteiger partial charge in [-0.25, -0.2) is 4.79 Å². The van der Waals surface area contributed by atoms with E-state index in [-0.39, 0.29) is 35.5 Å². The first-order valence-electron chi connectivity index (χ1n) is 16.1. The van der Waals surface area contributed by atoms with Crippen molar-refractivity contribution in [2.24, 2.45) is 11.3 Å². The average Bonchev–Trinajstić information content (AvgIpc) is 3.71. The number of amides is 2. The monoisotopic (exact) mass is 635 g/mol. The van der Waals surface area contributed by atoms with E-state index in [4.69, 9.17) is 4.74 Å². The van der Waals surface area contributed by atoms with Gasteiger partial charge in [0.2, 0.25) is 11.8 Å². The Kier molecular flexibility index (Phi) is 9.26. The van der Waals surface area contributed by atoms with Crippen LogP contribution in [0.15, 0.2) is 42.6 Å². The summed E-state index contributed by atoms with van der Waals surface area (Å²) in [5.74, 6) is -1.98. The van der Waals surface area contributed by atoms with Crippen LogP contribution in [0.3, 0.4) is 0 Å². The van der Waals surface area contributed by atoms with E-state index in [0.29, 0.717) is 41.8 Å². The SMILES string of the molecule is CC[C@@H]1CCC(C)(OC(=O)C2CCCN2C(=O)C(Cc2c[nH]c3ccc(O)cc23)NC(=O)C(O)Cc2ccc(O)c(O)c2)C1(C)C. The minimum Gasteiger partial charge on any atom is -0.508 e. The van der Waals surface area contributed by atoms with Gasteiger partial charge in [0.05, 0.1) is 0 Å². The van der Waals surface area contributed by atoms with Crippen LogP contribution in [0.5, 0.6) is 17.2 Å². The minimum absolute atomic E-state index is 0.0297. The molecule has 11 heteroatoms. The predicted molar refractivity (Wildman–Crippen MR) is 171 cm³/mol. The van der Waals surface area contributed by atoms with E-state index in [1.165, 1.54) is 23.1 Å². The Morgan fingerprint density at radius 2 is 1.80 bits per heavy atom. The maximum Gasteiger partial charge on any atom is 0.329 e.